The Morgan fingerprint density at radius 1 is 1.33 bits per heavy atom. The van der Waals surface area contributed by atoms with Crippen molar-refractivity contribution in [1.82, 2.24) is 10.3 Å². The Kier molecular flexibility index (Phi) is 5.71. The number of nitrogens with one attached hydrogen (secondary N) is 1. The maximum atomic E-state index is 13.6. The summed E-state index contributed by atoms with van der Waals surface area (Å²) in [5.74, 6) is -0.369. The molecule has 0 aliphatic rings. The molecule has 0 bridgehead atoms. The molecule has 0 amide bonds. The van der Waals surface area contributed by atoms with Crippen LogP contribution in [0.5, 0.6) is 0 Å². The summed E-state index contributed by atoms with van der Waals surface area (Å²) in [6.45, 7) is 5.08. The molecule has 1 unspecified atom stereocenters. The number of benzene rings is 1. The van der Waals surface area contributed by atoms with Crippen LogP contribution in [0, 0.1) is 12.7 Å². The third kappa shape index (κ3) is 4.02. The third-order valence-electron chi connectivity index (χ3n) is 3.55. The van der Waals surface area contributed by atoms with E-state index < -0.39 is 0 Å². The van der Waals surface area contributed by atoms with Crippen LogP contribution < -0.4 is 5.32 Å². The number of aromatic nitrogens is 1. The lowest BCUT2D eigenvalue weighted by Crippen LogP contribution is -2.25. The SMILES string of the molecule is CCCNC(Cc1cccc(F)c1Cl)c1cnccc1C. The molecule has 0 saturated carbocycles. The first-order chi connectivity index (χ1) is 10.1. The van der Waals surface area contributed by atoms with Gasteiger partial charge in [0.1, 0.15) is 5.82 Å². The van der Waals surface area contributed by atoms with E-state index in [9.17, 15) is 4.39 Å². The molecule has 2 nitrogen and oxygen atoms in total. The molecule has 21 heavy (non-hydrogen) atoms. The van der Waals surface area contributed by atoms with Crippen LogP contribution in [0.2, 0.25) is 5.02 Å². The number of hydrogen-bond donors (Lipinski definition) is 1. The summed E-state index contributed by atoms with van der Waals surface area (Å²) in [4.78, 5) is 4.21. The number of rotatable bonds is 6. The fraction of sp³-hybridized carbons (Fsp3) is 0.353. The van der Waals surface area contributed by atoms with Gasteiger partial charge in [0.05, 0.1) is 5.02 Å². The molecule has 0 saturated heterocycles. The van der Waals surface area contributed by atoms with Crippen LogP contribution in [0.25, 0.3) is 0 Å². The van der Waals surface area contributed by atoms with Crippen molar-refractivity contribution in [3.05, 3.63) is 64.2 Å². The first kappa shape index (κ1) is 15.9. The van der Waals surface area contributed by atoms with Crippen LogP contribution in [0.1, 0.15) is 36.1 Å². The van der Waals surface area contributed by atoms with Gasteiger partial charge >= 0.3 is 0 Å². The van der Waals surface area contributed by atoms with Crippen molar-refractivity contribution in [3.8, 4) is 0 Å². The molecule has 2 rings (SSSR count). The maximum Gasteiger partial charge on any atom is 0.142 e. The lowest BCUT2D eigenvalue weighted by atomic mass is 9.96. The summed E-state index contributed by atoms with van der Waals surface area (Å²) in [6, 6.07) is 7.03. The van der Waals surface area contributed by atoms with E-state index in [1.807, 2.05) is 18.3 Å². The van der Waals surface area contributed by atoms with Crippen molar-refractivity contribution in [2.75, 3.05) is 6.54 Å². The largest absolute Gasteiger partial charge is 0.310 e. The zero-order valence-electron chi connectivity index (χ0n) is 12.4. The molecule has 0 spiro atoms. The Hall–Kier alpha value is -1.45. The van der Waals surface area contributed by atoms with Gasteiger partial charge in [-0.1, -0.05) is 30.7 Å². The fourth-order valence-electron chi connectivity index (χ4n) is 2.38. The molecular formula is C17H20ClFN2. The zero-order valence-corrected chi connectivity index (χ0v) is 13.1. The monoisotopic (exact) mass is 306 g/mol. The molecule has 0 fully saturated rings. The highest BCUT2D eigenvalue weighted by Crippen LogP contribution is 2.26. The van der Waals surface area contributed by atoms with E-state index in [1.165, 1.54) is 11.6 Å². The number of hydrogen-bond acceptors (Lipinski definition) is 2. The summed E-state index contributed by atoms with van der Waals surface area (Å²) in [7, 11) is 0. The van der Waals surface area contributed by atoms with Gasteiger partial charge in [0.25, 0.3) is 0 Å². The molecule has 1 heterocycles. The fourth-order valence-corrected chi connectivity index (χ4v) is 2.58. The van der Waals surface area contributed by atoms with Gasteiger partial charge in [-0.25, -0.2) is 4.39 Å². The minimum absolute atomic E-state index is 0.0814. The van der Waals surface area contributed by atoms with Crippen molar-refractivity contribution in [3.63, 3.8) is 0 Å². The van der Waals surface area contributed by atoms with E-state index in [4.69, 9.17) is 11.6 Å². The van der Waals surface area contributed by atoms with Gasteiger partial charge in [-0.3, -0.25) is 4.98 Å². The van der Waals surface area contributed by atoms with E-state index >= 15 is 0 Å². The lowest BCUT2D eigenvalue weighted by Gasteiger charge is -2.21. The lowest BCUT2D eigenvalue weighted by molar-refractivity contribution is 0.524. The average molecular weight is 307 g/mol. The average Bonchev–Trinajstić information content (AvgIpc) is 2.48. The second-order valence-electron chi connectivity index (χ2n) is 5.16. The number of pyridine rings is 1. The van der Waals surface area contributed by atoms with E-state index in [0.29, 0.717) is 6.42 Å². The Balaban J connectivity index is 2.28. The van der Waals surface area contributed by atoms with Gasteiger partial charge in [-0.15, -0.1) is 0 Å². The van der Waals surface area contributed by atoms with Crippen molar-refractivity contribution in [2.24, 2.45) is 0 Å². The summed E-state index contributed by atoms with van der Waals surface area (Å²) in [6.07, 6.45) is 5.33. The Bertz CT molecular complexity index is 601. The summed E-state index contributed by atoms with van der Waals surface area (Å²) >= 11 is 6.08. The highest BCUT2D eigenvalue weighted by Gasteiger charge is 2.16. The van der Waals surface area contributed by atoms with Crippen molar-refractivity contribution in [2.45, 2.75) is 32.7 Å². The van der Waals surface area contributed by atoms with Crippen LogP contribution in [-0.4, -0.2) is 11.5 Å². The predicted octanol–water partition coefficient (Wildman–Crippen LogP) is 4.47. The summed E-state index contributed by atoms with van der Waals surface area (Å²) < 4.78 is 13.6. The first-order valence-electron chi connectivity index (χ1n) is 7.20. The second-order valence-corrected chi connectivity index (χ2v) is 5.53. The van der Waals surface area contributed by atoms with Crippen molar-refractivity contribution < 1.29 is 4.39 Å². The number of aryl methyl sites for hydroxylation is 1. The van der Waals surface area contributed by atoms with Crippen molar-refractivity contribution in [1.29, 1.82) is 0 Å². The molecule has 1 aromatic heterocycles. The molecule has 1 N–H and O–H groups in total. The highest BCUT2D eigenvalue weighted by molar-refractivity contribution is 6.31. The van der Waals surface area contributed by atoms with Gasteiger partial charge in [-0.2, -0.15) is 0 Å². The van der Waals surface area contributed by atoms with Crippen LogP contribution >= 0.6 is 11.6 Å². The Labute approximate surface area is 130 Å². The smallest absolute Gasteiger partial charge is 0.142 e. The van der Waals surface area contributed by atoms with E-state index in [1.54, 1.807) is 12.3 Å². The third-order valence-corrected chi connectivity index (χ3v) is 3.97. The molecule has 1 atom stereocenters. The van der Waals surface area contributed by atoms with Crippen molar-refractivity contribution >= 4 is 11.6 Å². The first-order valence-corrected chi connectivity index (χ1v) is 7.58. The Morgan fingerprint density at radius 3 is 2.86 bits per heavy atom. The van der Waals surface area contributed by atoms with Gasteiger partial charge in [0, 0.05) is 18.4 Å². The molecule has 0 aliphatic carbocycles. The van der Waals surface area contributed by atoms with Gasteiger partial charge in [0.15, 0.2) is 0 Å². The molecular weight excluding hydrogens is 287 g/mol. The quantitative estimate of drug-likeness (QED) is 0.852. The predicted molar refractivity (Wildman–Crippen MR) is 85.1 cm³/mol. The van der Waals surface area contributed by atoms with E-state index in [2.05, 4.69) is 24.1 Å². The van der Waals surface area contributed by atoms with Crippen LogP contribution in [0.15, 0.2) is 36.7 Å². The van der Waals surface area contributed by atoms with Crippen LogP contribution in [0.4, 0.5) is 4.39 Å². The Morgan fingerprint density at radius 2 is 2.14 bits per heavy atom. The summed E-state index contributed by atoms with van der Waals surface area (Å²) in [5, 5.41) is 3.71. The standard InChI is InChI=1S/C17H20ClFN2/c1-3-8-21-16(14-11-20-9-7-12(14)2)10-13-5-4-6-15(19)17(13)18/h4-7,9,11,16,21H,3,8,10H2,1-2H3. The summed E-state index contributed by atoms with van der Waals surface area (Å²) in [5.41, 5.74) is 3.12. The normalized spacial score (nSPS) is 12.4. The second kappa shape index (κ2) is 7.53. The van der Waals surface area contributed by atoms with E-state index in [0.717, 1.165) is 24.1 Å². The van der Waals surface area contributed by atoms with Gasteiger partial charge < -0.3 is 5.32 Å². The minimum atomic E-state index is -0.369. The van der Waals surface area contributed by atoms with Crippen LogP contribution in [0.3, 0.4) is 0 Å². The highest BCUT2D eigenvalue weighted by atomic mass is 35.5. The van der Waals surface area contributed by atoms with Gasteiger partial charge in [0.2, 0.25) is 0 Å². The van der Waals surface area contributed by atoms with Crippen LogP contribution in [-0.2, 0) is 6.42 Å². The topological polar surface area (TPSA) is 24.9 Å². The molecule has 0 aliphatic heterocycles. The molecule has 1 aromatic carbocycles. The molecule has 2 aromatic rings. The maximum absolute atomic E-state index is 13.6. The number of nitrogens with zero attached hydrogens (tertiary/aromatic N) is 1. The molecule has 112 valence electrons. The zero-order chi connectivity index (χ0) is 15.2. The molecule has 0 radical (unpaired) electrons. The van der Waals surface area contributed by atoms with E-state index in [-0.39, 0.29) is 16.9 Å². The number of halogens is 2. The molecule has 4 heteroatoms. The van der Waals surface area contributed by atoms with Gasteiger partial charge in [-0.05, 0) is 55.1 Å². The minimum Gasteiger partial charge on any atom is -0.310 e.